The summed E-state index contributed by atoms with van der Waals surface area (Å²) in [4.78, 5) is 18.6. The van der Waals surface area contributed by atoms with Gasteiger partial charge in [0, 0.05) is 0 Å². The molecule has 144 valence electrons. The standard InChI is InChI=1S/C18H28N4O4/c1-7-22(11-13-9-8-10-24-13)12-14-19-15(21-26-14)18(5,6)20-16(23)25-17(2,3)4/h8-10H,7,11-12H2,1-6H3,(H,20,23). The first-order chi connectivity index (χ1) is 12.1. The maximum absolute atomic E-state index is 12.0. The van der Waals surface area contributed by atoms with E-state index in [0.29, 0.717) is 24.8 Å². The van der Waals surface area contributed by atoms with Crippen molar-refractivity contribution in [2.75, 3.05) is 6.54 Å². The van der Waals surface area contributed by atoms with E-state index >= 15 is 0 Å². The van der Waals surface area contributed by atoms with Crippen LogP contribution in [0, 0.1) is 0 Å². The Bertz CT molecular complexity index is 701. The highest BCUT2D eigenvalue weighted by Crippen LogP contribution is 2.19. The average molecular weight is 364 g/mol. The van der Waals surface area contributed by atoms with Crippen LogP contribution in [-0.2, 0) is 23.4 Å². The number of alkyl carbamates (subject to hydrolysis) is 1. The summed E-state index contributed by atoms with van der Waals surface area (Å²) in [7, 11) is 0. The molecule has 2 aromatic rings. The number of nitrogens with one attached hydrogen (secondary N) is 1. The molecule has 0 aliphatic rings. The second kappa shape index (κ2) is 7.90. The first kappa shape index (κ1) is 20.0. The summed E-state index contributed by atoms with van der Waals surface area (Å²) in [6.45, 7) is 13.0. The summed E-state index contributed by atoms with van der Waals surface area (Å²) in [5, 5.41) is 6.79. The molecular formula is C18H28N4O4. The zero-order chi connectivity index (χ0) is 19.4. The predicted molar refractivity (Wildman–Crippen MR) is 95.2 cm³/mol. The fourth-order valence-electron chi connectivity index (χ4n) is 2.28. The number of carbonyl (C=O) groups excluding carboxylic acids is 1. The van der Waals surface area contributed by atoms with Crippen LogP contribution < -0.4 is 5.32 Å². The molecule has 0 aliphatic heterocycles. The number of nitrogens with zero attached hydrogens (tertiary/aromatic N) is 3. The van der Waals surface area contributed by atoms with Gasteiger partial charge in [0.25, 0.3) is 0 Å². The maximum atomic E-state index is 12.0. The van der Waals surface area contributed by atoms with E-state index in [1.54, 1.807) is 20.1 Å². The number of ether oxygens (including phenoxy) is 1. The van der Waals surface area contributed by atoms with Crippen molar-refractivity contribution < 1.29 is 18.5 Å². The van der Waals surface area contributed by atoms with E-state index in [2.05, 4.69) is 20.4 Å². The topological polar surface area (TPSA) is 93.6 Å². The molecule has 0 spiro atoms. The number of rotatable bonds is 7. The summed E-state index contributed by atoms with van der Waals surface area (Å²) in [5.74, 6) is 1.75. The molecule has 0 aliphatic carbocycles. The van der Waals surface area contributed by atoms with Crippen molar-refractivity contribution in [1.29, 1.82) is 0 Å². The zero-order valence-electron chi connectivity index (χ0n) is 16.3. The van der Waals surface area contributed by atoms with Crippen molar-refractivity contribution in [2.45, 2.75) is 65.8 Å². The van der Waals surface area contributed by atoms with Crippen LogP contribution in [0.5, 0.6) is 0 Å². The highest BCUT2D eigenvalue weighted by atomic mass is 16.6. The van der Waals surface area contributed by atoms with Crippen LogP contribution in [-0.4, -0.2) is 33.3 Å². The summed E-state index contributed by atoms with van der Waals surface area (Å²) >= 11 is 0. The SMILES string of the molecule is CCN(Cc1ccco1)Cc1nc(C(C)(C)NC(=O)OC(C)(C)C)no1. The van der Waals surface area contributed by atoms with Gasteiger partial charge in [0.1, 0.15) is 16.9 Å². The third-order valence-corrected chi connectivity index (χ3v) is 3.61. The summed E-state index contributed by atoms with van der Waals surface area (Å²) < 4.78 is 16.0. The van der Waals surface area contributed by atoms with Gasteiger partial charge < -0.3 is 19.0 Å². The highest BCUT2D eigenvalue weighted by Gasteiger charge is 2.31. The molecule has 26 heavy (non-hydrogen) atoms. The molecule has 0 atom stereocenters. The Morgan fingerprint density at radius 1 is 1.27 bits per heavy atom. The minimum absolute atomic E-state index is 0.396. The Kier molecular flexibility index (Phi) is 6.07. The smallest absolute Gasteiger partial charge is 0.408 e. The van der Waals surface area contributed by atoms with Crippen LogP contribution in [0.15, 0.2) is 27.3 Å². The molecule has 1 N–H and O–H groups in total. The predicted octanol–water partition coefficient (Wildman–Crippen LogP) is 3.44. The molecule has 8 heteroatoms. The molecule has 0 saturated heterocycles. The number of hydrogen-bond donors (Lipinski definition) is 1. The van der Waals surface area contributed by atoms with E-state index in [1.165, 1.54) is 0 Å². The van der Waals surface area contributed by atoms with Gasteiger partial charge in [-0.1, -0.05) is 12.1 Å². The van der Waals surface area contributed by atoms with E-state index in [4.69, 9.17) is 13.7 Å². The molecule has 8 nitrogen and oxygen atoms in total. The second-order valence-corrected chi connectivity index (χ2v) is 7.65. The molecular weight excluding hydrogens is 336 g/mol. The molecule has 0 aromatic carbocycles. The lowest BCUT2D eigenvalue weighted by molar-refractivity contribution is 0.0465. The molecule has 2 heterocycles. The number of furan rings is 1. The Labute approximate surface area is 153 Å². The minimum Gasteiger partial charge on any atom is -0.468 e. The first-order valence-electron chi connectivity index (χ1n) is 8.68. The van der Waals surface area contributed by atoms with Gasteiger partial charge in [0.15, 0.2) is 5.82 Å². The van der Waals surface area contributed by atoms with Gasteiger partial charge in [-0.25, -0.2) is 4.79 Å². The second-order valence-electron chi connectivity index (χ2n) is 7.65. The minimum atomic E-state index is -0.817. The first-order valence-corrected chi connectivity index (χ1v) is 8.68. The number of aromatic nitrogens is 2. The Morgan fingerprint density at radius 2 is 2.00 bits per heavy atom. The monoisotopic (exact) mass is 364 g/mol. The van der Waals surface area contributed by atoms with E-state index < -0.39 is 17.2 Å². The van der Waals surface area contributed by atoms with E-state index in [-0.39, 0.29) is 0 Å². The van der Waals surface area contributed by atoms with Crippen molar-refractivity contribution in [3.63, 3.8) is 0 Å². The number of carbonyl (C=O) groups is 1. The molecule has 0 unspecified atom stereocenters. The lowest BCUT2D eigenvalue weighted by atomic mass is 10.1. The van der Waals surface area contributed by atoms with Crippen LogP contribution in [0.2, 0.25) is 0 Å². The van der Waals surface area contributed by atoms with Crippen LogP contribution in [0.25, 0.3) is 0 Å². The largest absolute Gasteiger partial charge is 0.468 e. The van der Waals surface area contributed by atoms with E-state index in [9.17, 15) is 4.79 Å². The summed E-state index contributed by atoms with van der Waals surface area (Å²) in [6, 6.07) is 3.79. The number of hydrogen-bond acceptors (Lipinski definition) is 7. The third kappa shape index (κ3) is 5.87. The van der Waals surface area contributed by atoms with Gasteiger partial charge in [0.05, 0.1) is 19.4 Å². The van der Waals surface area contributed by atoms with Crippen molar-refractivity contribution >= 4 is 6.09 Å². The Balaban J connectivity index is 1.99. The average Bonchev–Trinajstić information content (AvgIpc) is 3.15. The zero-order valence-corrected chi connectivity index (χ0v) is 16.3. The third-order valence-electron chi connectivity index (χ3n) is 3.61. The molecule has 2 aromatic heterocycles. The normalized spacial score (nSPS) is 12.4. The molecule has 0 radical (unpaired) electrons. The van der Waals surface area contributed by atoms with Gasteiger partial charge >= 0.3 is 6.09 Å². The van der Waals surface area contributed by atoms with Crippen LogP contribution in [0.1, 0.15) is 59.0 Å². The molecule has 0 saturated carbocycles. The van der Waals surface area contributed by atoms with Crippen molar-refractivity contribution in [2.24, 2.45) is 0 Å². The molecule has 0 bridgehead atoms. The van der Waals surface area contributed by atoms with Crippen molar-refractivity contribution in [3.8, 4) is 0 Å². The lowest BCUT2D eigenvalue weighted by Gasteiger charge is -2.26. The maximum Gasteiger partial charge on any atom is 0.408 e. The van der Waals surface area contributed by atoms with Gasteiger partial charge in [-0.15, -0.1) is 0 Å². The van der Waals surface area contributed by atoms with Gasteiger partial charge in [-0.2, -0.15) is 4.98 Å². The summed E-state index contributed by atoms with van der Waals surface area (Å²) in [6.07, 6.45) is 1.13. The van der Waals surface area contributed by atoms with Crippen molar-refractivity contribution in [1.82, 2.24) is 20.4 Å². The van der Waals surface area contributed by atoms with Gasteiger partial charge in [0.2, 0.25) is 5.89 Å². The highest BCUT2D eigenvalue weighted by molar-refractivity contribution is 5.68. The van der Waals surface area contributed by atoms with Crippen molar-refractivity contribution in [3.05, 3.63) is 35.9 Å². The fraction of sp³-hybridized carbons (Fsp3) is 0.611. The molecule has 1 amide bonds. The fourth-order valence-corrected chi connectivity index (χ4v) is 2.28. The van der Waals surface area contributed by atoms with Crippen LogP contribution in [0.3, 0.4) is 0 Å². The van der Waals surface area contributed by atoms with Crippen LogP contribution >= 0.6 is 0 Å². The Hall–Kier alpha value is -2.35. The lowest BCUT2D eigenvalue weighted by Crippen LogP contribution is -2.44. The van der Waals surface area contributed by atoms with E-state index in [0.717, 1.165) is 12.3 Å². The number of amides is 1. The molecule has 2 rings (SSSR count). The van der Waals surface area contributed by atoms with Gasteiger partial charge in [-0.3, -0.25) is 4.90 Å². The quantitative estimate of drug-likeness (QED) is 0.804. The summed E-state index contributed by atoms with van der Waals surface area (Å²) in [5.41, 5.74) is -1.39. The molecule has 0 fully saturated rings. The Morgan fingerprint density at radius 3 is 2.58 bits per heavy atom. The van der Waals surface area contributed by atoms with Gasteiger partial charge in [-0.05, 0) is 53.3 Å². The van der Waals surface area contributed by atoms with Crippen LogP contribution in [0.4, 0.5) is 4.79 Å². The van der Waals surface area contributed by atoms with E-state index in [1.807, 2.05) is 39.8 Å².